The van der Waals surface area contributed by atoms with Crippen LogP contribution in [0.3, 0.4) is 0 Å². The molecule has 2 saturated heterocycles. The molecule has 3 nitrogen and oxygen atoms in total. The summed E-state index contributed by atoms with van der Waals surface area (Å²) in [7, 11) is 0. The molecule has 3 aliphatic rings. The lowest BCUT2D eigenvalue weighted by Gasteiger charge is -2.29. The zero-order valence-electron chi connectivity index (χ0n) is 7.60. The van der Waals surface area contributed by atoms with E-state index in [-0.39, 0.29) is 11.6 Å². The van der Waals surface area contributed by atoms with E-state index in [0.717, 1.165) is 13.0 Å². The summed E-state index contributed by atoms with van der Waals surface area (Å²) in [5.41, 5.74) is 1.04. The number of nitrogens with zero attached hydrogens (tertiary/aromatic N) is 1. The summed E-state index contributed by atoms with van der Waals surface area (Å²) in [5, 5.41) is 11.1. The summed E-state index contributed by atoms with van der Waals surface area (Å²) in [6.07, 6.45) is 7.46. The monoisotopic (exact) mass is 179 g/mol. The average Bonchev–Trinajstić information content (AvgIpc) is 2.72. The van der Waals surface area contributed by atoms with Gasteiger partial charge in [0, 0.05) is 6.54 Å². The van der Waals surface area contributed by atoms with Crippen LogP contribution >= 0.6 is 0 Å². The van der Waals surface area contributed by atoms with E-state index in [9.17, 15) is 5.21 Å². The maximum absolute atomic E-state index is 9.66. The fraction of sp³-hybridized carbons (Fsp3) is 0.600. The molecule has 0 aromatic heterocycles. The second-order valence-electron chi connectivity index (χ2n) is 3.90. The van der Waals surface area contributed by atoms with E-state index in [1.165, 1.54) is 10.6 Å². The highest BCUT2D eigenvalue weighted by atomic mass is 16.6. The van der Waals surface area contributed by atoms with Crippen molar-refractivity contribution in [2.75, 3.05) is 6.54 Å². The number of rotatable bonds is 0. The number of epoxide rings is 1. The molecule has 3 unspecified atom stereocenters. The molecule has 1 aliphatic carbocycles. The lowest BCUT2D eigenvalue weighted by molar-refractivity contribution is -0.129. The van der Waals surface area contributed by atoms with Gasteiger partial charge in [-0.3, -0.25) is 0 Å². The molecule has 1 spiro atoms. The third-order valence-corrected chi connectivity index (χ3v) is 3.36. The molecule has 0 aromatic carbocycles. The maximum Gasteiger partial charge on any atom is 0.141 e. The summed E-state index contributed by atoms with van der Waals surface area (Å²) < 4.78 is 5.73. The molecule has 2 aliphatic heterocycles. The van der Waals surface area contributed by atoms with E-state index in [4.69, 9.17) is 4.74 Å². The number of hydrogen-bond donors (Lipinski definition) is 1. The van der Waals surface area contributed by atoms with E-state index in [1.54, 1.807) is 0 Å². The van der Waals surface area contributed by atoms with Gasteiger partial charge in [0.05, 0.1) is 12.1 Å². The van der Waals surface area contributed by atoms with Gasteiger partial charge in [-0.2, -0.15) is 5.06 Å². The van der Waals surface area contributed by atoms with Gasteiger partial charge in [-0.15, -0.1) is 0 Å². The van der Waals surface area contributed by atoms with E-state index >= 15 is 0 Å². The molecule has 0 bridgehead atoms. The van der Waals surface area contributed by atoms with Crippen LogP contribution in [0.5, 0.6) is 0 Å². The molecule has 3 atom stereocenters. The van der Waals surface area contributed by atoms with Gasteiger partial charge in [-0.1, -0.05) is 18.2 Å². The van der Waals surface area contributed by atoms with Crippen molar-refractivity contribution in [3.63, 3.8) is 0 Å². The van der Waals surface area contributed by atoms with Gasteiger partial charge < -0.3 is 9.94 Å². The second kappa shape index (κ2) is 2.23. The predicted molar refractivity (Wildman–Crippen MR) is 47.4 cm³/mol. The van der Waals surface area contributed by atoms with Crippen LogP contribution in [-0.2, 0) is 4.74 Å². The van der Waals surface area contributed by atoms with Gasteiger partial charge in [0.1, 0.15) is 5.60 Å². The van der Waals surface area contributed by atoms with Crippen molar-refractivity contribution in [2.45, 2.75) is 31.1 Å². The highest BCUT2D eigenvalue weighted by Crippen LogP contribution is 2.55. The van der Waals surface area contributed by atoms with Crippen molar-refractivity contribution in [1.82, 2.24) is 5.06 Å². The molecule has 0 amide bonds. The zero-order valence-corrected chi connectivity index (χ0v) is 7.60. The molecule has 3 rings (SSSR count). The Hall–Kier alpha value is -0.640. The van der Waals surface area contributed by atoms with Crippen molar-refractivity contribution in [3.05, 3.63) is 23.8 Å². The molecule has 3 heteroatoms. The molecule has 0 radical (unpaired) electrons. The smallest absolute Gasteiger partial charge is 0.141 e. The average molecular weight is 179 g/mol. The highest BCUT2D eigenvalue weighted by molar-refractivity contribution is 5.47. The zero-order chi connectivity index (χ0) is 9.05. The van der Waals surface area contributed by atoms with Crippen LogP contribution in [0.4, 0.5) is 0 Å². The Balaban J connectivity index is 2.02. The number of allylic oxidation sites excluding steroid dienone is 1. The Kier molecular flexibility index (Phi) is 1.33. The molecule has 70 valence electrons. The Morgan fingerprint density at radius 3 is 3.38 bits per heavy atom. The van der Waals surface area contributed by atoms with Crippen molar-refractivity contribution in [1.29, 1.82) is 0 Å². The number of hydroxylamine groups is 2. The van der Waals surface area contributed by atoms with Crippen molar-refractivity contribution in [2.24, 2.45) is 0 Å². The standard InChI is InChI=1S/C10H13NO2/c1-2-7-3-4-8-10(7)9(13-10)5-6-11(8)12/h2-4,8-9,12H,5-6H2,1H3/b7-2+. The van der Waals surface area contributed by atoms with E-state index in [2.05, 4.69) is 12.2 Å². The molecule has 2 heterocycles. The third kappa shape index (κ3) is 0.753. The Morgan fingerprint density at radius 2 is 2.62 bits per heavy atom. The maximum atomic E-state index is 9.66. The molecule has 1 N–H and O–H groups in total. The topological polar surface area (TPSA) is 36.0 Å². The van der Waals surface area contributed by atoms with Gasteiger partial charge in [0.15, 0.2) is 0 Å². The SMILES string of the molecule is C/C=C1\C=CC2N(O)CCC3OC132. The summed E-state index contributed by atoms with van der Waals surface area (Å²) in [6.45, 7) is 2.74. The van der Waals surface area contributed by atoms with E-state index in [1.807, 2.05) is 13.0 Å². The minimum absolute atomic E-state index is 0.0532. The first-order valence-corrected chi connectivity index (χ1v) is 4.77. The third-order valence-electron chi connectivity index (χ3n) is 3.36. The molecule has 0 saturated carbocycles. The van der Waals surface area contributed by atoms with E-state index < -0.39 is 0 Å². The summed E-state index contributed by atoms with van der Waals surface area (Å²) in [6, 6.07) is 0.0532. The minimum Gasteiger partial charge on any atom is -0.359 e. The highest BCUT2D eigenvalue weighted by Gasteiger charge is 2.67. The van der Waals surface area contributed by atoms with Gasteiger partial charge in [-0.05, 0) is 18.9 Å². The van der Waals surface area contributed by atoms with Crippen LogP contribution in [-0.4, -0.2) is 34.6 Å². The summed E-state index contributed by atoms with van der Waals surface area (Å²) >= 11 is 0. The number of ether oxygens (including phenoxy) is 1. The molecule has 2 fully saturated rings. The van der Waals surface area contributed by atoms with Crippen LogP contribution in [0, 0.1) is 0 Å². The second-order valence-corrected chi connectivity index (χ2v) is 3.90. The van der Waals surface area contributed by atoms with Crippen molar-refractivity contribution < 1.29 is 9.94 Å². The number of hydrogen-bond acceptors (Lipinski definition) is 3. The normalized spacial score (nSPS) is 50.8. The van der Waals surface area contributed by atoms with Gasteiger partial charge in [0.2, 0.25) is 0 Å². The fourth-order valence-corrected chi connectivity index (χ4v) is 2.66. The van der Waals surface area contributed by atoms with Crippen LogP contribution in [0.25, 0.3) is 0 Å². The predicted octanol–water partition coefficient (Wildman–Crippen LogP) is 1.10. The Labute approximate surface area is 77.2 Å². The molecular weight excluding hydrogens is 166 g/mol. The van der Waals surface area contributed by atoms with Crippen LogP contribution in [0.1, 0.15) is 13.3 Å². The lowest BCUT2D eigenvalue weighted by atomic mass is 9.89. The minimum atomic E-state index is -0.179. The summed E-state index contributed by atoms with van der Waals surface area (Å²) in [4.78, 5) is 0. The van der Waals surface area contributed by atoms with Crippen LogP contribution < -0.4 is 0 Å². The van der Waals surface area contributed by atoms with Crippen molar-refractivity contribution >= 4 is 0 Å². The molecule has 0 aromatic rings. The van der Waals surface area contributed by atoms with Crippen molar-refractivity contribution in [3.8, 4) is 0 Å². The Morgan fingerprint density at radius 1 is 1.77 bits per heavy atom. The largest absolute Gasteiger partial charge is 0.359 e. The lowest BCUT2D eigenvalue weighted by Crippen LogP contribution is -2.47. The molecular formula is C10H13NO2. The fourth-order valence-electron chi connectivity index (χ4n) is 2.66. The Bertz CT molecular complexity index is 310. The first-order valence-electron chi connectivity index (χ1n) is 4.77. The quantitative estimate of drug-likeness (QED) is 0.566. The van der Waals surface area contributed by atoms with Crippen LogP contribution in [0.15, 0.2) is 23.8 Å². The first kappa shape index (κ1) is 7.74. The number of piperidine rings is 1. The van der Waals surface area contributed by atoms with Gasteiger partial charge >= 0.3 is 0 Å². The molecule has 13 heavy (non-hydrogen) atoms. The van der Waals surface area contributed by atoms with E-state index in [0.29, 0.717) is 6.10 Å². The summed E-state index contributed by atoms with van der Waals surface area (Å²) in [5.74, 6) is 0. The van der Waals surface area contributed by atoms with Gasteiger partial charge in [0.25, 0.3) is 0 Å². The van der Waals surface area contributed by atoms with Gasteiger partial charge in [-0.25, -0.2) is 0 Å². The first-order chi connectivity index (χ1) is 6.29. The van der Waals surface area contributed by atoms with Crippen LogP contribution in [0.2, 0.25) is 0 Å².